The summed E-state index contributed by atoms with van der Waals surface area (Å²) in [6, 6.07) is 15.1. The Kier molecular flexibility index (Phi) is 4.31. The van der Waals surface area contributed by atoms with E-state index in [2.05, 4.69) is 73.4 Å². The van der Waals surface area contributed by atoms with Crippen LogP contribution in [0.25, 0.3) is 6.08 Å². The van der Waals surface area contributed by atoms with Crippen LogP contribution >= 0.6 is 0 Å². The zero-order valence-electron chi connectivity index (χ0n) is 15.0. The first-order valence-corrected chi connectivity index (χ1v) is 8.52. The van der Waals surface area contributed by atoms with E-state index in [0.717, 1.165) is 17.7 Å². The van der Waals surface area contributed by atoms with Crippen LogP contribution in [0.15, 0.2) is 48.5 Å². The average Bonchev–Trinajstić information content (AvgIpc) is 2.96. The van der Waals surface area contributed by atoms with Crippen molar-refractivity contribution in [3.05, 3.63) is 70.8 Å². The minimum atomic E-state index is 0.00415. The van der Waals surface area contributed by atoms with Crippen molar-refractivity contribution >= 4 is 18.0 Å². The maximum absolute atomic E-state index is 7.85. The number of hydrogen-bond acceptors (Lipinski definition) is 2. The van der Waals surface area contributed by atoms with Crippen molar-refractivity contribution in [2.24, 2.45) is 0 Å². The topological polar surface area (TPSA) is 27.1 Å². The molecule has 0 amide bonds. The van der Waals surface area contributed by atoms with Crippen molar-refractivity contribution in [3.8, 4) is 0 Å². The largest absolute Gasteiger partial charge is 0.378 e. The van der Waals surface area contributed by atoms with Gasteiger partial charge in [-0.15, -0.1) is 0 Å². The van der Waals surface area contributed by atoms with Gasteiger partial charge in [0, 0.05) is 31.9 Å². The molecule has 0 aromatic heterocycles. The molecule has 2 aromatic carbocycles. The highest BCUT2D eigenvalue weighted by atomic mass is 15.1. The van der Waals surface area contributed by atoms with Gasteiger partial charge in [0.2, 0.25) is 0 Å². The monoisotopic (exact) mass is 318 g/mol. The van der Waals surface area contributed by atoms with Crippen molar-refractivity contribution in [2.45, 2.75) is 31.6 Å². The lowest BCUT2D eigenvalue weighted by Gasteiger charge is -2.30. The zero-order chi connectivity index (χ0) is 17.3. The molecule has 1 aliphatic rings. The van der Waals surface area contributed by atoms with Gasteiger partial charge >= 0.3 is 0 Å². The van der Waals surface area contributed by atoms with Gasteiger partial charge in [0.25, 0.3) is 0 Å². The molecule has 0 fully saturated rings. The van der Waals surface area contributed by atoms with Crippen molar-refractivity contribution < 1.29 is 0 Å². The summed E-state index contributed by atoms with van der Waals surface area (Å²) in [4.78, 5) is 2.08. The van der Waals surface area contributed by atoms with E-state index in [1.165, 1.54) is 22.9 Å². The Morgan fingerprint density at radius 1 is 1.12 bits per heavy atom. The van der Waals surface area contributed by atoms with Crippen LogP contribution in [0.3, 0.4) is 0 Å². The molecule has 0 heterocycles. The lowest BCUT2D eigenvalue weighted by atomic mass is 9.74. The van der Waals surface area contributed by atoms with Gasteiger partial charge in [0.1, 0.15) is 0 Å². The fraction of sp³-hybridized carbons (Fsp3) is 0.318. The number of fused-ring (bicyclic) bond motifs is 1. The van der Waals surface area contributed by atoms with Gasteiger partial charge in [-0.05, 0) is 46.2 Å². The Bertz CT molecular complexity index is 784. The second-order valence-corrected chi connectivity index (χ2v) is 7.49. The molecule has 1 unspecified atom stereocenters. The molecule has 0 radical (unpaired) electrons. The second kappa shape index (κ2) is 6.27. The van der Waals surface area contributed by atoms with Gasteiger partial charge in [-0.1, -0.05) is 56.3 Å². The van der Waals surface area contributed by atoms with Crippen LogP contribution < -0.4 is 4.90 Å². The van der Waals surface area contributed by atoms with E-state index in [-0.39, 0.29) is 5.41 Å². The molecular formula is C22H26N2. The molecule has 2 heteroatoms. The Hall–Kier alpha value is -2.35. The van der Waals surface area contributed by atoms with Gasteiger partial charge in [-0.3, -0.25) is 0 Å². The summed E-state index contributed by atoms with van der Waals surface area (Å²) >= 11 is 0. The molecule has 1 atom stereocenters. The van der Waals surface area contributed by atoms with Crippen LogP contribution in [0.4, 0.5) is 5.69 Å². The highest BCUT2D eigenvalue weighted by Gasteiger charge is 2.29. The fourth-order valence-electron chi connectivity index (χ4n) is 3.73. The Morgan fingerprint density at radius 2 is 1.88 bits per heavy atom. The molecule has 0 spiro atoms. The van der Waals surface area contributed by atoms with Crippen molar-refractivity contribution in [3.63, 3.8) is 0 Å². The summed E-state index contributed by atoms with van der Waals surface area (Å²) in [5.74, 6) is 0.448. The van der Waals surface area contributed by atoms with Gasteiger partial charge in [-0.25, -0.2) is 0 Å². The third kappa shape index (κ3) is 3.01. The molecule has 0 bridgehead atoms. The smallest absolute Gasteiger partial charge is 0.0367 e. The maximum Gasteiger partial charge on any atom is 0.0367 e. The Balaban J connectivity index is 1.91. The molecule has 0 saturated heterocycles. The van der Waals surface area contributed by atoms with E-state index in [4.69, 9.17) is 5.41 Å². The van der Waals surface area contributed by atoms with Crippen LogP contribution in [0.5, 0.6) is 0 Å². The Morgan fingerprint density at radius 3 is 2.58 bits per heavy atom. The summed E-state index contributed by atoms with van der Waals surface area (Å²) in [5.41, 5.74) is 6.17. The van der Waals surface area contributed by atoms with Gasteiger partial charge < -0.3 is 10.3 Å². The van der Waals surface area contributed by atoms with E-state index in [1.807, 2.05) is 14.1 Å². The van der Waals surface area contributed by atoms with E-state index < -0.39 is 0 Å². The molecule has 2 nitrogen and oxygen atoms in total. The predicted molar refractivity (Wildman–Crippen MR) is 105 cm³/mol. The highest BCUT2D eigenvalue weighted by molar-refractivity contribution is 5.82. The number of rotatable bonds is 5. The summed E-state index contributed by atoms with van der Waals surface area (Å²) in [5, 5.41) is 7.85. The van der Waals surface area contributed by atoms with Crippen molar-refractivity contribution in [2.75, 3.05) is 19.0 Å². The standard InChI is InChI=1S/C22H26N2/c1-22(2,14-17-10-9-16-7-5-6-8-20(16)17)21-12-11-19(24(3)4)13-18(21)15-23/h5-13,15,17,23H,14H2,1-4H3. The number of allylic oxidation sites excluding steroid dienone is 1. The number of nitrogens with one attached hydrogen (secondary N) is 1. The first kappa shape index (κ1) is 16.5. The van der Waals surface area contributed by atoms with Gasteiger partial charge in [-0.2, -0.15) is 0 Å². The molecule has 3 rings (SSSR count). The molecular weight excluding hydrogens is 292 g/mol. The molecule has 0 aliphatic heterocycles. The second-order valence-electron chi connectivity index (χ2n) is 7.49. The average molecular weight is 318 g/mol. The van der Waals surface area contributed by atoms with Gasteiger partial charge in [0.05, 0.1) is 0 Å². The quantitative estimate of drug-likeness (QED) is 0.751. The SMILES string of the molecule is CN(C)c1ccc(C(C)(C)CC2C=Cc3ccccc32)c(C=N)c1. The van der Waals surface area contributed by atoms with Crippen LogP contribution in [-0.4, -0.2) is 20.3 Å². The number of nitrogens with zero attached hydrogens (tertiary/aromatic N) is 1. The van der Waals surface area contributed by atoms with E-state index in [9.17, 15) is 0 Å². The molecule has 1 N–H and O–H groups in total. The summed E-state index contributed by atoms with van der Waals surface area (Å²) in [6.45, 7) is 4.58. The van der Waals surface area contributed by atoms with Crippen molar-refractivity contribution in [1.29, 1.82) is 5.41 Å². The first-order valence-electron chi connectivity index (χ1n) is 8.52. The fourth-order valence-corrected chi connectivity index (χ4v) is 3.73. The molecule has 0 saturated carbocycles. The van der Waals surface area contributed by atoms with Gasteiger partial charge in [0.15, 0.2) is 0 Å². The number of benzene rings is 2. The third-order valence-electron chi connectivity index (χ3n) is 5.07. The van der Waals surface area contributed by atoms with E-state index >= 15 is 0 Å². The van der Waals surface area contributed by atoms with Crippen molar-refractivity contribution in [1.82, 2.24) is 0 Å². The summed E-state index contributed by atoms with van der Waals surface area (Å²) in [6.07, 6.45) is 7.10. The third-order valence-corrected chi connectivity index (χ3v) is 5.07. The molecule has 124 valence electrons. The van der Waals surface area contributed by atoms with Crippen LogP contribution in [-0.2, 0) is 5.41 Å². The lowest BCUT2D eigenvalue weighted by molar-refractivity contribution is 0.457. The molecule has 24 heavy (non-hydrogen) atoms. The number of hydrogen-bond donors (Lipinski definition) is 1. The van der Waals surface area contributed by atoms with Crippen LogP contribution in [0, 0.1) is 5.41 Å². The maximum atomic E-state index is 7.85. The summed E-state index contributed by atoms with van der Waals surface area (Å²) in [7, 11) is 4.07. The van der Waals surface area contributed by atoms with E-state index in [0.29, 0.717) is 5.92 Å². The lowest BCUT2D eigenvalue weighted by Crippen LogP contribution is -2.22. The minimum Gasteiger partial charge on any atom is -0.378 e. The van der Waals surface area contributed by atoms with Crippen LogP contribution in [0.1, 0.15) is 48.4 Å². The highest BCUT2D eigenvalue weighted by Crippen LogP contribution is 2.41. The molecule has 2 aromatic rings. The Labute approximate surface area is 145 Å². The van der Waals surface area contributed by atoms with E-state index in [1.54, 1.807) is 0 Å². The molecule has 1 aliphatic carbocycles. The van der Waals surface area contributed by atoms with Crippen LogP contribution in [0.2, 0.25) is 0 Å². The summed E-state index contributed by atoms with van der Waals surface area (Å²) < 4.78 is 0. The minimum absolute atomic E-state index is 0.00415. The first-order chi connectivity index (χ1) is 11.4. The number of anilines is 1. The zero-order valence-corrected chi connectivity index (χ0v) is 15.0. The predicted octanol–water partition coefficient (Wildman–Crippen LogP) is 5.23. The normalized spacial score (nSPS) is 16.1.